The Labute approximate surface area is 100 Å². The van der Waals surface area contributed by atoms with Crippen LogP contribution in [0.4, 0.5) is 5.95 Å². The molecule has 4 heteroatoms. The Morgan fingerprint density at radius 1 is 1.35 bits per heavy atom. The van der Waals surface area contributed by atoms with Gasteiger partial charge in [0.25, 0.3) is 0 Å². The van der Waals surface area contributed by atoms with E-state index < -0.39 is 0 Å². The summed E-state index contributed by atoms with van der Waals surface area (Å²) >= 11 is 0. The van der Waals surface area contributed by atoms with Gasteiger partial charge in [0, 0.05) is 18.1 Å². The Morgan fingerprint density at radius 3 is 3.18 bits per heavy atom. The number of aromatic nitrogens is 2. The fraction of sp³-hybridized carbons (Fsp3) is 0.385. The number of nitrogens with zero attached hydrogens (tertiary/aromatic N) is 2. The lowest BCUT2D eigenvalue weighted by molar-refractivity contribution is 0.613. The average Bonchev–Trinajstić information content (AvgIpc) is 2.89. The number of rotatable bonds is 3. The second kappa shape index (κ2) is 4.67. The molecule has 0 bridgehead atoms. The van der Waals surface area contributed by atoms with Crippen LogP contribution in [0.3, 0.4) is 0 Å². The Morgan fingerprint density at radius 2 is 2.29 bits per heavy atom. The molecule has 1 fully saturated rings. The Hall–Kier alpha value is -1.68. The van der Waals surface area contributed by atoms with Gasteiger partial charge in [-0.3, -0.25) is 0 Å². The molecule has 2 aromatic rings. The van der Waals surface area contributed by atoms with Crippen LogP contribution in [0.15, 0.2) is 30.5 Å². The van der Waals surface area contributed by atoms with E-state index in [1.807, 2.05) is 30.5 Å². The van der Waals surface area contributed by atoms with Gasteiger partial charge < -0.3 is 10.6 Å². The van der Waals surface area contributed by atoms with Gasteiger partial charge >= 0.3 is 0 Å². The van der Waals surface area contributed by atoms with Crippen LogP contribution in [0.2, 0.25) is 0 Å². The highest BCUT2D eigenvalue weighted by molar-refractivity contribution is 5.78. The summed E-state index contributed by atoms with van der Waals surface area (Å²) in [4.78, 5) is 8.82. The maximum Gasteiger partial charge on any atom is 0.223 e. The van der Waals surface area contributed by atoms with E-state index in [-0.39, 0.29) is 0 Å². The first-order valence-electron chi connectivity index (χ1n) is 6.08. The summed E-state index contributed by atoms with van der Waals surface area (Å²) in [5.74, 6) is 1.43. The third-order valence-electron chi connectivity index (χ3n) is 3.20. The molecule has 0 aliphatic carbocycles. The number of para-hydroxylation sites is 1. The third-order valence-corrected chi connectivity index (χ3v) is 3.20. The molecule has 88 valence electrons. The van der Waals surface area contributed by atoms with E-state index in [9.17, 15) is 0 Å². The van der Waals surface area contributed by atoms with E-state index in [4.69, 9.17) is 0 Å². The van der Waals surface area contributed by atoms with Crippen LogP contribution in [-0.4, -0.2) is 29.6 Å². The fourth-order valence-electron chi connectivity index (χ4n) is 2.18. The summed E-state index contributed by atoms with van der Waals surface area (Å²) in [7, 11) is 0. The molecule has 1 aromatic heterocycles. The Balaban J connectivity index is 1.72. The van der Waals surface area contributed by atoms with Gasteiger partial charge in [-0.1, -0.05) is 18.2 Å². The van der Waals surface area contributed by atoms with E-state index in [0.717, 1.165) is 36.5 Å². The zero-order valence-corrected chi connectivity index (χ0v) is 9.69. The van der Waals surface area contributed by atoms with Gasteiger partial charge in [-0.25, -0.2) is 9.97 Å². The summed E-state index contributed by atoms with van der Waals surface area (Å²) in [6.07, 6.45) is 3.11. The molecule has 0 spiro atoms. The quantitative estimate of drug-likeness (QED) is 0.838. The van der Waals surface area contributed by atoms with Crippen LogP contribution in [0.5, 0.6) is 0 Å². The van der Waals surface area contributed by atoms with E-state index >= 15 is 0 Å². The molecule has 1 aromatic carbocycles. The molecule has 2 heterocycles. The number of anilines is 1. The second-order valence-corrected chi connectivity index (χ2v) is 4.49. The molecule has 1 aliphatic heterocycles. The molecule has 0 radical (unpaired) electrons. The van der Waals surface area contributed by atoms with Gasteiger partial charge in [-0.15, -0.1) is 0 Å². The van der Waals surface area contributed by atoms with Crippen molar-refractivity contribution in [1.82, 2.24) is 15.3 Å². The topological polar surface area (TPSA) is 49.8 Å². The number of hydrogen-bond acceptors (Lipinski definition) is 4. The molecule has 4 nitrogen and oxygen atoms in total. The van der Waals surface area contributed by atoms with Crippen LogP contribution >= 0.6 is 0 Å². The minimum atomic E-state index is 0.699. The lowest BCUT2D eigenvalue weighted by Crippen LogP contribution is -2.18. The van der Waals surface area contributed by atoms with Crippen molar-refractivity contribution in [2.75, 3.05) is 25.0 Å². The molecule has 1 saturated heterocycles. The first-order valence-corrected chi connectivity index (χ1v) is 6.08. The van der Waals surface area contributed by atoms with Crippen molar-refractivity contribution >= 4 is 16.9 Å². The molecule has 17 heavy (non-hydrogen) atoms. The van der Waals surface area contributed by atoms with Gasteiger partial charge in [0.05, 0.1) is 5.52 Å². The summed E-state index contributed by atoms with van der Waals surface area (Å²) in [5, 5.41) is 7.76. The maximum absolute atomic E-state index is 4.49. The van der Waals surface area contributed by atoms with Crippen molar-refractivity contribution in [3.63, 3.8) is 0 Å². The van der Waals surface area contributed by atoms with Crippen molar-refractivity contribution in [2.45, 2.75) is 6.42 Å². The standard InChI is InChI=1S/C13H16N4/c1-2-4-12-11(3-1)9-16-13(17-12)15-8-10-5-6-14-7-10/h1-4,9-10,14H,5-8H2,(H,15,16,17). The largest absolute Gasteiger partial charge is 0.354 e. The zero-order valence-electron chi connectivity index (χ0n) is 9.69. The average molecular weight is 228 g/mol. The molecule has 3 rings (SSSR count). The molecule has 0 saturated carbocycles. The van der Waals surface area contributed by atoms with Gasteiger partial charge in [0.2, 0.25) is 5.95 Å². The Bertz CT molecular complexity index is 506. The van der Waals surface area contributed by atoms with Gasteiger partial charge in [0.15, 0.2) is 0 Å². The van der Waals surface area contributed by atoms with Crippen molar-refractivity contribution in [3.05, 3.63) is 30.5 Å². The van der Waals surface area contributed by atoms with Crippen LogP contribution in [-0.2, 0) is 0 Å². The van der Waals surface area contributed by atoms with Crippen molar-refractivity contribution < 1.29 is 0 Å². The third kappa shape index (κ3) is 2.36. The van der Waals surface area contributed by atoms with Crippen LogP contribution < -0.4 is 10.6 Å². The van der Waals surface area contributed by atoms with Crippen LogP contribution in [0.1, 0.15) is 6.42 Å². The molecular formula is C13H16N4. The highest BCUT2D eigenvalue weighted by atomic mass is 15.1. The number of hydrogen-bond donors (Lipinski definition) is 2. The number of nitrogens with one attached hydrogen (secondary N) is 2. The van der Waals surface area contributed by atoms with Crippen molar-refractivity contribution in [1.29, 1.82) is 0 Å². The van der Waals surface area contributed by atoms with Crippen molar-refractivity contribution in [3.8, 4) is 0 Å². The molecule has 1 unspecified atom stereocenters. The first kappa shape index (κ1) is 10.5. The highest BCUT2D eigenvalue weighted by Gasteiger charge is 2.14. The predicted octanol–water partition coefficient (Wildman–Crippen LogP) is 1.65. The van der Waals surface area contributed by atoms with Crippen molar-refractivity contribution in [2.24, 2.45) is 5.92 Å². The maximum atomic E-state index is 4.49. The summed E-state index contributed by atoms with van der Waals surface area (Å²) in [6, 6.07) is 8.04. The minimum Gasteiger partial charge on any atom is -0.354 e. The van der Waals surface area contributed by atoms with E-state index in [1.54, 1.807) is 0 Å². The monoisotopic (exact) mass is 228 g/mol. The van der Waals surface area contributed by atoms with Crippen LogP contribution in [0, 0.1) is 5.92 Å². The van der Waals surface area contributed by atoms with E-state index in [0.29, 0.717) is 5.92 Å². The molecular weight excluding hydrogens is 212 g/mol. The van der Waals surface area contributed by atoms with E-state index in [2.05, 4.69) is 20.6 Å². The lowest BCUT2D eigenvalue weighted by Gasteiger charge is -2.09. The molecule has 2 N–H and O–H groups in total. The summed E-state index contributed by atoms with van der Waals surface area (Å²) in [5.41, 5.74) is 0.995. The Kier molecular flexibility index (Phi) is 2.88. The van der Waals surface area contributed by atoms with Gasteiger partial charge in [-0.2, -0.15) is 0 Å². The second-order valence-electron chi connectivity index (χ2n) is 4.49. The SMILES string of the molecule is c1ccc2nc(NCC3CCNC3)ncc2c1. The van der Waals surface area contributed by atoms with Crippen LogP contribution in [0.25, 0.3) is 10.9 Å². The molecule has 0 amide bonds. The van der Waals surface area contributed by atoms with Gasteiger partial charge in [-0.05, 0) is 31.5 Å². The summed E-state index contributed by atoms with van der Waals surface area (Å²) < 4.78 is 0. The first-order chi connectivity index (χ1) is 8.42. The lowest BCUT2D eigenvalue weighted by atomic mass is 10.1. The highest BCUT2D eigenvalue weighted by Crippen LogP contribution is 2.13. The molecule has 1 aliphatic rings. The normalized spacial score (nSPS) is 19.6. The fourth-order valence-corrected chi connectivity index (χ4v) is 2.18. The molecule has 1 atom stereocenters. The summed E-state index contributed by atoms with van der Waals surface area (Å²) in [6.45, 7) is 3.18. The number of fused-ring (bicyclic) bond motifs is 1. The predicted molar refractivity (Wildman–Crippen MR) is 69.0 cm³/mol. The number of benzene rings is 1. The smallest absolute Gasteiger partial charge is 0.223 e. The van der Waals surface area contributed by atoms with Gasteiger partial charge in [0.1, 0.15) is 0 Å². The van der Waals surface area contributed by atoms with E-state index in [1.165, 1.54) is 6.42 Å². The minimum absolute atomic E-state index is 0.699. The zero-order chi connectivity index (χ0) is 11.5.